The second kappa shape index (κ2) is 15.3. The number of aliphatic hydroxyl groups is 2. The van der Waals surface area contributed by atoms with Crippen LogP contribution in [-0.2, 0) is 30.5 Å². The van der Waals surface area contributed by atoms with Gasteiger partial charge in [0.25, 0.3) is 17.7 Å². The lowest BCUT2D eigenvalue weighted by Gasteiger charge is -2.36. The van der Waals surface area contributed by atoms with E-state index in [-0.39, 0.29) is 25.4 Å². The highest BCUT2D eigenvalue weighted by atomic mass is 16.8. The lowest BCUT2D eigenvalue weighted by Crippen LogP contribution is -2.65. The van der Waals surface area contributed by atoms with E-state index >= 15 is 0 Å². The van der Waals surface area contributed by atoms with Crippen molar-refractivity contribution in [1.82, 2.24) is 15.7 Å². The third-order valence-electron chi connectivity index (χ3n) is 6.84. The van der Waals surface area contributed by atoms with Crippen LogP contribution in [0.5, 0.6) is 0 Å². The Morgan fingerprint density at radius 1 is 1.02 bits per heavy atom. The zero-order valence-corrected chi connectivity index (χ0v) is 23.5. The Morgan fingerprint density at radius 3 is 2.17 bits per heavy atom. The summed E-state index contributed by atoms with van der Waals surface area (Å²) in [6.07, 6.45) is 1.19. The standard InChI is InChI=1S/C30H37N3O8/c1-30(28(37)31-2,29(38)32-41-26-6-4-5-17-39-26)33(3)27(36)24-15-13-22(14-16-24)8-7-21-9-11-23(12-10-21)20-40-25(18-34)19-35/h9-16,25-26,34-35H,4-6,17-20H2,1-3H3,(H,31,37)(H,32,38)/t26?,30-/m0/s1. The molecule has 41 heavy (non-hydrogen) atoms. The molecule has 2 atom stereocenters. The minimum atomic E-state index is -1.90. The van der Waals surface area contributed by atoms with E-state index < -0.39 is 35.7 Å². The molecule has 4 N–H and O–H groups in total. The number of ether oxygens (including phenoxy) is 2. The van der Waals surface area contributed by atoms with Crippen LogP contribution in [0.4, 0.5) is 0 Å². The maximum atomic E-state index is 13.3. The predicted molar refractivity (Wildman–Crippen MR) is 149 cm³/mol. The number of aliphatic hydroxyl groups excluding tert-OH is 2. The third kappa shape index (κ3) is 8.36. The number of amides is 3. The van der Waals surface area contributed by atoms with Gasteiger partial charge in [-0.25, -0.2) is 10.3 Å². The van der Waals surface area contributed by atoms with E-state index in [1.807, 2.05) is 24.3 Å². The number of carbonyl (C=O) groups excluding carboxylic acids is 3. The van der Waals surface area contributed by atoms with Crippen molar-refractivity contribution in [2.75, 3.05) is 33.9 Å². The van der Waals surface area contributed by atoms with Crippen molar-refractivity contribution in [3.05, 3.63) is 70.8 Å². The van der Waals surface area contributed by atoms with Crippen molar-refractivity contribution >= 4 is 17.7 Å². The molecule has 0 bridgehead atoms. The lowest BCUT2D eigenvalue weighted by molar-refractivity contribution is -0.204. The highest BCUT2D eigenvalue weighted by Gasteiger charge is 2.47. The molecule has 0 aromatic heterocycles. The van der Waals surface area contributed by atoms with Crippen LogP contribution in [0.1, 0.15) is 53.2 Å². The van der Waals surface area contributed by atoms with Crippen molar-refractivity contribution in [3.63, 3.8) is 0 Å². The Kier molecular flexibility index (Phi) is 11.8. The van der Waals surface area contributed by atoms with Gasteiger partial charge < -0.3 is 29.9 Å². The van der Waals surface area contributed by atoms with Crippen molar-refractivity contribution < 1.29 is 38.9 Å². The molecule has 1 heterocycles. The van der Waals surface area contributed by atoms with Crippen LogP contribution in [0.3, 0.4) is 0 Å². The molecule has 1 fully saturated rings. The van der Waals surface area contributed by atoms with E-state index in [9.17, 15) is 14.4 Å². The predicted octanol–water partition coefficient (Wildman–Crippen LogP) is 1.11. The SMILES string of the molecule is CNC(=O)[C@@](C)(C(=O)NOC1CCCCO1)N(C)C(=O)c1ccc(C#Cc2ccc(COC(CO)CO)cc2)cc1. The third-order valence-corrected chi connectivity index (χ3v) is 6.84. The number of nitrogens with zero attached hydrogens (tertiary/aromatic N) is 1. The Morgan fingerprint density at radius 2 is 1.63 bits per heavy atom. The van der Waals surface area contributed by atoms with Gasteiger partial charge in [0, 0.05) is 43.8 Å². The van der Waals surface area contributed by atoms with E-state index in [2.05, 4.69) is 22.6 Å². The molecule has 0 saturated carbocycles. The van der Waals surface area contributed by atoms with Crippen molar-refractivity contribution in [3.8, 4) is 11.8 Å². The largest absolute Gasteiger partial charge is 0.394 e. The molecule has 2 aromatic carbocycles. The fourth-order valence-electron chi connectivity index (χ4n) is 3.97. The zero-order valence-electron chi connectivity index (χ0n) is 23.5. The molecular weight excluding hydrogens is 530 g/mol. The molecule has 3 rings (SSSR count). The molecule has 220 valence electrons. The van der Waals surface area contributed by atoms with Crippen LogP contribution < -0.4 is 10.8 Å². The smallest absolute Gasteiger partial charge is 0.279 e. The highest BCUT2D eigenvalue weighted by molar-refractivity contribution is 6.12. The summed E-state index contributed by atoms with van der Waals surface area (Å²) in [5.74, 6) is 4.07. The minimum absolute atomic E-state index is 0.255. The van der Waals surface area contributed by atoms with Crippen molar-refractivity contribution in [2.24, 2.45) is 0 Å². The Labute approximate surface area is 239 Å². The van der Waals surface area contributed by atoms with Gasteiger partial charge in [-0.2, -0.15) is 0 Å². The van der Waals surface area contributed by atoms with Crippen LogP contribution in [0.15, 0.2) is 48.5 Å². The van der Waals surface area contributed by atoms with Crippen molar-refractivity contribution in [1.29, 1.82) is 0 Å². The molecule has 11 nitrogen and oxygen atoms in total. The summed E-state index contributed by atoms with van der Waals surface area (Å²) >= 11 is 0. The number of hydrogen-bond donors (Lipinski definition) is 4. The summed E-state index contributed by atoms with van der Waals surface area (Å²) in [5, 5.41) is 20.6. The first-order valence-corrected chi connectivity index (χ1v) is 13.3. The van der Waals surface area contributed by atoms with Gasteiger partial charge >= 0.3 is 0 Å². The first-order valence-electron chi connectivity index (χ1n) is 13.3. The number of hydrogen-bond acceptors (Lipinski definition) is 8. The zero-order chi connectivity index (χ0) is 29.8. The van der Waals surface area contributed by atoms with Gasteiger partial charge in [-0.15, -0.1) is 0 Å². The van der Waals surface area contributed by atoms with E-state index in [4.69, 9.17) is 24.5 Å². The first-order chi connectivity index (χ1) is 19.7. The number of rotatable bonds is 11. The van der Waals surface area contributed by atoms with Gasteiger partial charge in [-0.3, -0.25) is 14.4 Å². The van der Waals surface area contributed by atoms with Crippen LogP contribution in [0.25, 0.3) is 0 Å². The molecule has 0 spiro atoms. The minimum Gasteiger partial charge on any atom is -0.394 e. The molecule has 1 unspecified atom stereocenters. The Balaban J connectivity index is 1.65. The van der Waals surface area contributed by atoms with Gasteiger partial charge in [-0.05, 0) is 61.7 Å². The number of hydroxylamine groups is 1. The Bertz CT molecular complexity index is 1230. The summed E-state index contributed by atoms with van der Waals surface area (Å²) in [6, 6.07) is 13.9. The van der Waals surface area contributed by atoms with Gasteiger partial charge in [0.1, 0.15) is 6.10 Å². The second-order valence-electron chi connectivity index (χ2n) is 9.68. The Hall–Kier alpha value is -3.79. The molecule has 1 saturated heterocycles. The number of likely N-dealkylation sites (N-methyl/N-ethyl adjacent to an activating group) is 2. The first kappa shape index (κ1) is 31.7. The van der Waals surface area contributed by atoms with E-state index in [0.717, 1.165) is 28.9 Å². The number of nitrogens with one attached hydrogen (secondary N) is 2. The maximum Gasteiger partial charge on any atom is 0.279 e. The fraction of sp³-hybridized carbons (Fsp3) is 0.433. The average molecular weight is 568 g/mol. The summed E-state index contributed by atoms with van der Waals surface area (Å²) in [4.78, 5) is 45.6. The van der Waals surface area contributed by atoms with Crippen LogP contribution in [-0.4, -0.2) is 84.7 Å². The molecule has 2 aromatic rings. The molecule has 1 aliphatic heterocycles. The molecule has 1 aliphatic rings. The number of carbonyl (C=O) groups is 3. The fourth-order valence-corrected chi connectivity index (χ4v) is 3.97. The number of benzene rings is 2. The van der Waals surface area contributed by atoms with E-state index in [0.29, 0.717) is 18.6 Å². The molecule has 3 amide bonds. The van der Waals surface area contributed by atoms with Crippen LogP contribution in [0, 0.1) is 11.8 Å². The second-order valence-corrected chi connectivity index (χ2v) is 9.68. The normalized spacial score (nSPS) is 16.2. The van der Waals surface area contributed by atoms with Gasteiger partial charge in [-0.1, -0.05) is 24.0 Å². The highest BCUT2D eigenvalue weighted by Crippen LogP contribution is 2.20. The molecule has 11 heteroatoms. The van der Waals surface area contributed by atoms with Gasteiger partial charge in [0.05, 0.1) is 19.8 Å². The molecular formula is C30H37N3O8. The van der Waals surface area contributed by atoms with Gasteiger partial charge in [0.15, 0.2) is 11.8 Å². The summed E-state index contributed by atoms with van der Waals surface area (Å²) < 4.78 is 10.9. The maximum absolute atomic E-state index is 13.3. The summed E-state index contributed by atoms with van der Waals surface area (Å²) in [7, 11) is 2.76. The topological polar surface area (TPSA) is 147 Å². The summed E-state index contributed by atoms with van der Waals surface area (Å²) in [5.41, 5.74) is 2.97. The monoisotopic (exact) mass is 567 g/mol. The average Bonchev–Trinajstić information content (AvgIpc) is 3.02. The van der Waals surface area contributed by atoms with E-state index in [1.165, 1.54) is 21.0 Å². The van der Waals surface area contributed by atoms with Crippen LogP contribution in [0.2, 0.25) is 0 Å². The lowest BCUT2D eigenvalue weighted by atomic mass is 9.96. The van der Waals surface area contributed by atoms with Crippen LogP contribution >= 0.6 is 0 Å². The van der Waals surface area contributed by atoms with E-state index in [1.54, 1.807) is 24.3 Å². The molecule has 0 aliphatic carbocycles. The molecule has 0 radical (unpaired) electrons. The summed E-state index contributed by atoms with van der Waals surface area (Å²) in [6.45, 7) is 1.61. The van der Waals surface area contributed by atoms with Gasteiger partial charge in [0.2, 0.25) is 0 Å². The quantitative estimate of drug-likeness (QED) is 0.179. The van der Waals surface area contributed by atoms with Crippen molar-refractivity contribution in [2.45, 2.75) is 50.7 Å².